The summed E-state index contributed by atoms with van der Waals surface area (Å²) < 4.78 is 30.3. The number of aromatic nitrogens is 1. The van der Waals surface area contributed by atoms with E-state index in [2.05, 4.69) is 15.2 Å². The molecule has 0 radical (unpaired) electrons. The van der Waals surface area contributed by atoms with Gasteiger partial charge in [-0.15, -0.1) is 0 Å². The Hall–Kier alpha value is -3.13. The molecule has 25 heavy (non-hydrogen) atoms. The number of amides is 1. The van der Waals surface area contributed by atoms with Gasteiger partial charge in [-0.2, -0.15) is 0 Å². The van der Waals surface area contributed by atoms with Crippen LogP contribution in [0.15, 0.2) is 65.2 Å². The van der Waals surface area contributed by atoms with Crippen LogP contribution in [-0.2, 0) is 10.0 Å². The summed E-state index contributed by atoms with van der Waals surface area (Å²) in [6.07, 6.45) is 1.04. The average molecular weight is 357 g/mol. The average Bonchev–Trinajstić information content (AvgIpc) is 3.06. The van der Waals surface area contributed by atoms with Crippen LogP contribution in [0.25, 0.3) is 11.3 Å². The number of carbonyl (C=O) groups excluding carboxylic acids is 1. The number of hydrogen-bond donors (Lipinski definition) is 2. The van der Waals surface area contributed by atoms with Crippen LogP contribution in [-0.4, -0.2) is 25.7 Å². The lowest BCUT2D eigenvalue weighted by Gasteiger charge is -2.10. The van der Waals surface area contributed by atoms with Gasteiger partial charge in [0.15, 0.2) is 0 Å². The first-order valence-corrected chi connectivity index (χ1v) is 9.22. The summed E-state index contributed by atoms with van der Waals surface area (Å²) in [6, 6.07) is 17.3. The predicted octanol–water partition coefficient (Wildman–Crippen LogP) is 2.97. The molecular formula is C17H15N3O4S. The number of anilines is 2. The lowest BCUT2D eigenvalue weighted by atomic mass is 10.1. The van der Waals surface area contributed by atoms with Gasteiger partial charge in [0, 0.05) is 11.6 Å². The molecule has 0 unspecified atom stereocenters. The summed E-state index contributed by atoms with van der Waals surface area (Å²) in [5.74, 6) is -0.509. The fraction of sp³-hybridized carbons (Fsp3) is 0.0588. The first-order chi connectivity index (χ1) is 11.9. The molecule has 0 atom stereocenters. The van der Waals surface area contributed by atoms with E-state index < -0.39 is 15.9 Å². The smallest absolute Gasteiger partial charge is 0.294 e. The van der Waals surface area contributed by atoms with Crippen molar-refractivity contribution < 1.29 is 17.7 Å². The van der Waals surface area contributed by atoms with E-state index in [1.807, 2.05) is 30.3 Å². The Kier molecular flexibility index (Phi) is 4.53. The quantitative estimate of drug-likeness (QED) is 0.731. The van der Waals surface area contributed by atoms with Crippen molar-refractivity contribution in [3.8, 4) is 11.3 Å². The van der Waals surface area contributed by atoms with Gasteiger partial charge in [-0.05, 0) is 12.1 Å². The first kappa shape index (κ1) is 16.7. The maximum atomic E-state index is 12.4. The second-order valence-electron chi connectivity index (χ2n) is 5.32. The van der Waals surface area contributed by atoms with Crippen LogP contribution in [0.3, 0.4) is 0 Å². The van der Waals surface area contributed by atoms with Gasteiger partial charge in [0.2, 0.25) is 15.8 Å². The van der Waals surface area contributed by atoms with Gasteiger partial charge in [0.05, 0.1) is 17.6 Å². The third-order valence-corrected chi connectivity index (χ3v) is 3.86. The highest BCUT2D eigenvalue weighted by atomic mass is 32.2. The molecule has 1 aromatic heterocycles. The molecular weight excluding hydrogens is 342 g/mol. The van der Waals surface area contributed by atoms with E-state index in [9.17, 15) is 13.2 Å². The molecule has 3 aromatic rings. The SMILES string of the molecule is CS(=O)(=O)Nc1ccccc1NC(=O)c1cc(-c2ccccc2)no1. The first-order valence-electron chi connectivity index (χ1n) is 7.33. The number of nitrogens with one attached hydrogen (secondary N) is 2. The molecule has 0 bridgehead atoms. The Morgan fingerprint density at radius 3 is 2.32 bits per heavy atom. The Labute approximate surface area is 144 Å². The van der Waals surface area contributed by atoms with Gasteiger partial charge < -0.3 is 9.84 Å². The number of rotatable bonds is 5. The van der Waals surface area contributed by atoms with Gasteiger partial charge in [-0.25, -0.2) is 8.42 Å². The summed E-state index contributed by atoms with van der Waals surface area (Å²) in [7, 11) is -3.47. The van der Waals surface area contributed by atoms with Crippen molar-refractivity contribution >= 4 is 27.3 Å². The maximum absolute atomic E-state index is 12.4. The lowest BCUT2D eigenvalue weighted by molar-refractivity contribution is 0.0988. The molecule has 0 fully saturated rings. The molecule has 2 N–H and O–H groups in total. The molecule has 1 heterocycles. The van der Waals surface area contributed by atoms with Crippen LogP contribution in [0.2, 0.25) is 0 Å². The fourth-order valence-corrected chi connectivity index (χ4v) is 2.77. The number of para-hydroxylation sites is 2. The number of sulfonamides is 1. The van der Waals surface area contributed by atoms with Crippen LogP contribution in [0, 0.1) is 0 Å². The summed E-state index contributed by atoms with van der Waals surface area (Å²) >= 11 is 0. The normalized spacial score (nSPS) is 11.1. The molecule has 7 nitrogen and oxygen atoms in total. The van der Waals surface area contributed by atoms with Gasteiger partial charge in [0.1, 0.15) is 5.69 Å². The van der Waals surface area contributed by atoms with Crippen molar-refractivity contribution in [1.82, 2.24) is 5.16 Å². The van der Waals surface area contributed by atoms with Crippen molar-refractivity contribution in [3.63, 3.8) is 0 Å². The van der Waals surface area contributed by atoms with Crippen LogP contribution in [0.5, 0.6) is 0 Å². The lowest BCUT2D eigenvalue weighted by Crippen LogP contribution is -2.15. The van der Waals surface area contributed by atoms with Crippen LogP contribution in [0.4, 0.5) is 11.4 Å². The predicted molar refractivity (Wildman–Crippen MR) is 94.8 cm³/mol. The second kappa shape index (κ2) is 6.78. The summed E-state index contributed by atoms with van der Waals surface area (Å²) in [5, 5.41) is 6.50. The van der Waals surface area contributed by atoms with E-state index in [1.165, 1.54) is 6.07 Å². The molecule has 0 aliphatic heterocycles. The van der Waals surface area contributed by atoms with E-state index >= 15 is 0 Å². The Balaban J connectivity index is 1.81. The highest BCUT2D eigenvalue weighted by molar-refractivity contribution is 7.92. The highest BCUT2D eigenvalue weighted by Gasteiger charge is 2.16. The zero-order chi connectivity index (χ0) is 17.9. The van der Waals surface area contributed by atoms with Gasteiger partial charge >= 0.3 is 0 Å². The Morgan fingerprint density at radius 1 is 1.00 bits per heavy atom. The largest absolute Gasteiger partial charge is 0.350 e. The van der Waals surface area contributed by atoms with Crippen molar-refractivity contribution in [2.75, 3.05) is 16.3 Å². The van der Waals surface area contributed by atoms with Crippen LogP contribution >= 0.6 is 0 Å². The van der Waals surface area contributed by atoms with Crippen molar-refractivity contribution in [2.24, 2.45) is 0 Å². The topological polar surface area (TPSA) is 101 Å². The third-order valence-electron chi connectivity index (χ3n) is 3.27. The number of carbonyl (C=O) groups is 1. The molecule has 0 aliphatic rings. The molecule has 8 heteroatoms. The number of benzene rings is 2. The minimum absolute atomic E-state index is 0.0213. The van der Waals surface area contributed by atoms with Crippen molar-refractivity contribution in [3.05, 3.63) is 66.4 Å². The minimum Gasteiger partial charge on any atom is -0.350 e. The summed E-state index contributed by atoms with van der Waals surface area (Å²) in [6.45, 7) is 0. The Bertz CT molecular complexity index is 997. The van der Waals surface area contributed by atoms with E-state index in [0.29, 0.717) is 11.4 Å². The summed E-state index contributed by atoms with van der Waals surface area (Å²) in [4.78, 5) is 12.4. The zero-order valence-corrected chi connectivity index (χ0v) is 14.1. The zero-order valence-electron chi connectivity index (χ0n) is 13.3. The fourth-order valence-electron chi connectivity index (χ4n) is 2.19. The second-order valence-corrected chi connectivity index (χ2v) is 7.06. The Morgan fingerprint density at radius 2 is 1.64 bits per heavy atom. The van der Waals surface area contributed by atoms with E-state index in [-0.39, 0.29) is 11.4 Å². The molecule has 1 amide bonds. The molecule has 0 spiro atoms. The van der Waals surface area contributed by atoms with Crippen molar-refractivity contribution in [2.45, 2.75) is 0 Å². The van der Waals surface area contributed by atoms with E-state index in [0.717, 1.165) is 11.8 Å². The van der Waals surface area contributed by atoms with E-state index in [1.54, 1.807) is 24.3 Å². The standard InChI is InChI=1S/C17H15N3O4S/c1-25(22,23)20-14-10-6-5-9-13(14)18-17(21)16-11-15(19-24-16)12-7-3-2-4-8-12/h2-11,20H,1H3,(H,18,21). The molecule has 0 saturated carbocycles. The van der Waals surface area contributed by atoms with Crippen LogP contribution in [0.1, 0.15) is 10.6 Å². The monoisotopic (exact) mass is 357 g/mol. The van der Waals surface area contributed by atoms with Crippen LogP contribution < -0.4 is 10.0 Å². The van der Waals surface area contributed by atoms with E-state index in [4.69, 9.17) is 4.52 Å². The van der Waals surface area contributed by atoms with Crippen molar-refractivity contribution in [1.29, 1.82) is 0 Å². The maximum Gasteiger partial charge on any atom is 0.294 e. The summed E-state index contributed by atoms with van der Waals surface area (Å²) in [5.41, 5.74) is 1.94. The molecule has 3 rings (SSSR count). The van der Waals surface area contributed by atoms with Gasteiger partial charge in [-0.1, -0.05) is 47.6 Å². The number of nitrogens with zero attached hydrogens (tertiary/aromatic N) is 1. The molecule has 0 saturated heterocycles. The highest BCUT2D eigenvalue weighted by Crippen LogP contribution is 2.24. The molecule has 2 aromatic carbocycles. The van der Waals surface area contributed by atoms with Gasteiger partial charge in [0.25, 0.3) is 5.91 Å². The van der Waals surface area contributed by atoms with Gasteiger partial charge in [-0.3, -0.25) is 9.52 Å². The molecule has 128 valence electrons. The number of hydrogen-bond acceptors (Lipinski definition) is 5. The third kappa shape index (κ3) is 4.24. The molecule has 0 aliphatic carbocycles. The minimum atomic E-state index is -3.47.